The fourth-order valence-corrected chi connectivity index (χ4v) is 4.62. The number of benzene rings is 2. The standard InChI is InChI=1S/C21H23N3O5S/c1-16(29-19-5-3-4-17(14-19)15-22)21(25)23-10-12-24(13-11-23)30(26,27)20-8-6-18(28-2)7-9-20/h3-9,14,16H,10-13H2,1-2H3. The number of ether oxygens (including phenoxy) is 2. The second-order valence-electron chi connectivity index (χ2n) is 6.80. The molecule has 1 aliphatic rings. The van der Waals surface area contributed by atoms with Gasteiger partial charge in [0.15, 0.2) is 6.10 Å². The number of nitriles is 1. The van der Waals surface area contributed by atoms with Gasteiger partial charge in [-0.2, -0.15) is 9.57 Å². The van der Waals surface area contributed by atoms with Crippen LogP contribution in [0.4, 0.5) is 0 Å². The molecule has 1 saturated heterocycles. The Balaban J connectivity index is 1.59. The molecule has 1 fully saturated rings. The van der Waals surface area contributed by atoms with E-state index in [1.165, 1.54) is 23.5 Å². The maximum absolute atomic E-state index is 12.8. The predicted molar refractivity (Wildman–Crippen MR) is 110 cm³/mol. The van der Waals surface area contributed by atoms with E-state index >= 15 is 0 Å². The number of rotatable bonds is 6. The minimum absolute atomic E-state index is 0.192. The van der Waals surface area contributed by atoms with Gasteiger partial charge < -0.3 is 14.4 Å². The van der Waals surface area contributed by atoms with Gasteiger partial charge in [-0.25, -0.2) is 8.42 Å². The van der Waals surface area contributed by atoms with E-state index in [1.807, 2.05) is 6.07 Å². The van der Waals surface area contributed by atoms with Crippen molar-refractivity contribution in [3.05, 3.63) is 54.1 Å². The Morgan fingerprint density at radius 3 is 2.33 bits per heavy atom. The lowest BCUT2D eigenvalue weighted by Crippen LogP contribution is -2.53. The van der Waals surface area contributed by atoms with Crippen LogP contribution in [0.2, 0.25) is 0 Å². The molecule has 8 nitrogen and oxygen atoms in total. The van der Waals surface area contributed by atoms with Gasteiger partial charge in [0.25, 0.3) is 5.91 Å². The highest BCUT2D eigenvalue weighted by molar-refractivity contribution is 7.89. The molecule has 158 valence electrons. The van der Waals surface area contributed by atoms with Gasteiger partial charge in [0.05, 0.1) is 23.6 Å². The first-order valence-electron chi connectivity index (χ1n) is 9.45. The van der Waals surface area contributed by atoms with Crippen LogP contribution in [-0.4, -0.2) is 62.9 Å². The highest BCUT2D eigenvalue weighted by Gasteiger charge is 2.32. The van der Waals surface area contributed by atoms with Gasteiger partial charge in [-0.3, -0.25) is 4.79 Å². The molecular formula is C21H23N3O5S. The van der Waals surface area contributed by atoms with E-state index in [9.17, 15) is 13.2 Å². The topological polar surface area (TPSA) is 99.9 Å². The zero-order valence-corrected chi connectivity index (χ0v) is 17.6. The van der Waals surface area contributed by atoms with Crippen LogP contribution in [0.25, 0.3) is 0 Å². The summed E-state index contributed by atoms with van der Waals surface area (Å²) in [5.41, 5.74) is 0.449. The Labute approximate surface area is 176 Å². The van der Waals surface area contributed by atoms with Gasteiger partial charge in [0.2, 0.25) is 10.0 Å². The molecule has 0 aromatic heterocycles. The smallest absolute Gasteiger partial charge is 0.263 e. The van der Waals surface area contributed by atoms with E-state index in [1.54, 1.807) is 48.2 Å². The van der Waals surface area contributed by atoms with E-state index in [2.05, 4.69) is 0 Å². The zero-order valence-electron chi connectivity index (χ0n) is 16.8. The quantitative estimate of drug-likeness (QED) is 0.695. The summed E-state index contributed by atoms with van der Waals surface area (Å²) >= 11 is 0. The fraction of sp³-hybridized carbons (Fsp3) is 0.333. The number of amides is 1. The SMILES string of the molecule is COc1ccc(S(=O)(=O)N2CCN(C(=O)C(C)Oc3cccc(C#N)c3)CC2)cc1. The summed E-state index contributed by atoms with van der Waals surface area (Å²) in [7, 11) is -2.12. The van der Waals surface area contributed by atoms with Gasteiger partial charge >= 0.3 is 0 Å². The van der Waals surface area contributed by atoms with Crippen molar-refractivity contribution in [1.29, 1.82) is 5.26 Å². The van der Waals surface area contributed by atoms with Gasteiger partial charge in [0.1, 0.15) is 11.5 Å². The molecule has 0 spiro atoms. The third-order valence-electron chi connectivity index (χ3n) is 4.87. The Hall–Kier alpha value is -3.09. The Kier molecular flexibility index (Phi) is 6.59. The second kappa shape index (κ2) is 9.15. The van der Waals surface area contributed by atoms with E-state index in [0.717, 1.165) is 0 Å². The molecule has 2 aromatic carbocycles. The summed E-state index contributed by atoms with van der Waals surface area (Å²) in [6.45, 7) is 2.61. The maximum Gasteiger partial charge on any atom is 0.263 e. The lowest BCUT2D eigenvalue weighted by atomic mass is 10.2. The monoisotopic (exact) mass is 429 g/mol. The normalized spacial score (nSPS) is 15.8. The number of hydrogen-bond donors (Lipinski definition) is 0. The Morgan fingerprint density at radius 2 is 1.73 bits per heavy atom. The van der Waals surface area contributed by atoms with Crippen molar-refractivity contribution < 1.29 is 22.7 Å². The summed E-state index contributed by atoms with van der Waals surface area (Å²) in [5, 5.41) is 8.97. The van der Waals surface area contributed by atoms with Crippen LogP contribution in [-0.2, 0) is 14.8 Å². The molecule has 9 heteroatoms. The molecule has 0 saturated carbocycles. The van der Waals surface area contributed by atoms with Crippen LogP contribution < -0.4 is 9.47 Å². The van der Waals surface area contributed by atoms with E-state index in [-0.39, 0.29) is 37.0 Å². The van der Waals surface area contributed by atoms with Gasteiger partial charge in [0, 0.05) is 26.2 Å². The molecule has 1 aliphatic heterocycles. The van der Waals surface area contributed by atoms with E-state index in [4.69, 9.17) is 14.7 Å². The van der Waals surface area contributed by atoms with Gasteiger partial charge in [-0.1, -0.05) is 6.07 Å². The maximum atomic E-state index is 12.8. The third-order valence-corrected chi connectivity index (χ3v) is 6.78. The van der Waals surface area contributed by atoms with Crippen molar-refractivity contribution in [2.24, 2.45) is 0 Å². The number of methoxy groups -OCH3 is 1. The number of carbonyl (C=O) groups is 1. The molecule has 1 unspecified atom stereocenters. The van der Waals surface area contributed by atoms with Crippen LogP contribution in [0.1, 0.15) is 12.5 Å². The number of carbonyl (C=O) groups excluding carboxylic acids is 1. The molecule has 0 N–H and O–H groups in total. The largest absolute Gasteiger partial charge is 0.497 e. The van der Waals surface area contributed by atoms with Crippen molar-refractivity contribution in [1.82, 2.24) is 9.21 Å². The number of hydrogen-bond acceptors (Lipinski definition) is 6. The molecule has 0 radical (unpaired) electrons. The molecule has 2 aromatic rings. The minimum Gasteiger partial charge on any atom is -0.497 e. The van der Waals surface area contributed by atoms with Crippen LogP contribution >= 0.6 is 0 Å². The Morgan fingerprint density at radius 1 is 1.07 bits per heavy atom. The van der Waals surface area contributed by atoms with E-state index in [0.29, 0.717) is 17.1 Å². The average molecular weight is 429 g/mol. The highest BCUT2D eigenvalue weighted by atomic mass is 32.2. The average Bonchev–Trinajstić information content (AvgIpc) is 2.78. The van der Waals surface area contributed by atoms with Crippen molar-refractivity contribution in [2.75, 3.05) is 33.3 Å². The van der Waals surface area contributed by atoms with Crippen LogP contribution in [0.5, 0.6) is 11.5 Å². The van der Waals surface area contributed by atoms with Gasteiger partial charge in [-0.05, 0) is 49.4 Å². The van der Waals surface area contributed by atoms with Crippen LogP contribution in [0, 0.1) is 11.3 Å². The number of nitrogens with zero attached hydrogens (tertiary/aromatic N) is 3. The molecular weight excluding hydrogens is 406 g/mol. The lowest BCUT2D eigenvalue weighted by Gasteiger charge is -2.35. The lowest BCUT2D eigenvalue weighted by molar-refractivity contribution is -0.139. The highest BCUT2D eigenvalue weighted by Crippen LogP contribution is 2.21. The van der Waals surface area contributed by atoms with Crippen LogP contribution in [0.15, 0.2) is 53.4 Å². The first kappa shape index (κ1) is 21.6. The van der Waals surface area contributed by atoms with Crippen molar-refractivity contribution in [2.45, 2.75) is 17.9 Å². The third kappa shape index (κ3) is 4.72. The molecule has 30 heavy (non-hydrogen) atoms. The molecule has 1 atom stereocenters. The summed E-state index contributed by atoms with van der Waals surface area (Å²) in [6.07, 6.45) is -0.747. The first-order chi connectivity index (χ1) is 14.3. The minimum atomic E-state index is -3.63. The van der Waals surface area contributed by atoms with Crippen molar-refractivity contribution >= 4 is 15.9 Å². The Bertz CT molecular complexity index is 1040. The molecule has 1 amide bonds. The summed E-state index contributed by atoms with van der Waals surface area (Å²) in [5.74, 6) is 0.799. The first-order valence-corrected chi connectivity index (χ1v) is 10.9. The second-order valence-corrected chi connectivity index (χ2v) is 8.74. The fourth-order valence-electron chi connectivity index (χ4n) is 3.20. The van der Waals surface area contributed by atoms with Gasteiger partial charge in [-0.15, -0.1) is 0 Å². The molecule has 1 heterocycles. The van der Waals surface area contributed by atoms with E-state index < -0.39 is 16.1 Å². The number of sulfonamides is 1. The zero-order chi connectivity index (χ0) is 21.7. The summed E-state index contributed by atoms with van der Waals surface area (Å²) in [6, 6.07) is 14.9. The number of piperazine rings is 1. The molecule has 0 bridgehead atoms. The van der Waals surface area contributed by atoms with Crippen molar-refractivity contribution in [3.63, 3.8) is 0 Å². The van der Waals surface area contributed by atoms with Crippen LogP contribution in [0.3, 0.4) is 0 Å². The summed E-state index contributed by atoms with van der Waals surface area (Å²) in [4.78, 5) is 14.5. The molecule has 0 aliphatic carbocycles. The summed E-state index contributed by atoms with van der Waals surface area (Å²) < 4.78 is 37.8. The molecule has 3 rings (SSSR count). The predicted octanol–water partition coefficient (Wildman–Crippen LogP) is 1.87. The van der Waals surface area contributed by atoms with Crippen molar-refractivity contribution in [3.8, 4) is 17.6 Å².